The van der Waals surface area contributed by atoms with E-state index in [2.05, 4.69) is 15.4 Å². The van der Waals surface area contributed by atoms with Gasteiger partial charge in [0.05, 0.1) is 4.90 Å². The molecule has 1 fully saturated rings. The first-order valence-corrected chi connectivity index (χ1v) is 8.10. The Hall–Kier alpha value is -1.44. The van der Waals surface area contributed by atoms with Crippen LogP contribution in [0.2, 0.25) is 0 Å². The van der Waals surface area contributed by atoms with Crippen molar-refractivity contribution < 1.29 is 13.2 Å². The summed E-state index contributed by atoms with van der Waals surface area (Å²) in [5.74, 6) is 0.363. The van der Waals surface area contributed by atoms with Gasteiger partial charge in [0.1, 0.15) is 0 Å². The second-order valence-electron chi connectivity index (χ2n) is 4.80. The van der Waals surface area contributed by atoms with Crippen molar-refractivity contribution in [3.63, 3.8) is 0 Å². The first-order chi connectivity index (χ1) is 9.51. The number of rotatable bonds is 6. The third-order valence-electron chi connectivity index (χ3n) is 3.12. The van der Waals surface area contributed by atoms with Gasteiger partial charge in [-0.15, -0.1) is 0 Å². The Morgan fingerprint density at radius 1 is 1.30 bits per heavy atom. The van der Waals surface area contributed by atoms with Crippen LogP contribution in [0, 0.1) is 5.92 Å². The molecule has 6 nitrogen and oxygen atoms in total. The summed E-state index contributed by atoms with van der Waals surface area (Å²) in [6.45, 7) is 3.83. The van der Waals surface area contributed by atoms with E-state index < -0.39 is 10.0 Å². The average Bonchev–Trinajstić information content (AvgIpc) is 2.34. The predicted octanol–water partition coefficient (Wildman–Crippen LogP) is 0.533. The Morgan fingerprint density at radius 3 is 2.45 bits per heavy atom. The molecule has 0 radical (unpaired) electrons. The van der Waals surface area contributed by atoms with Crippen LogP contribution in [0.15, 0.2) is 29.2 Å². The fourth-order valence-electron chi connectivity index (χ4n) is 1.96. The molecule has 1 heterocycles. The summed E-state index contributed by atoms with van der Waals surface area (Å²) >= 11 is 0. The summed E-state index contributed by atoms with van der Waals surface area (Å²) < 4.78 is 25.9. The number of benzene rings is 1. The maximum atomic E-state index is 11.8. The zero-order chi connectivity index (χ0) is 14.6. The standard InChI is InChI=1S/C13H19N3O3S/c1-2-15-20(18,19)12-5-3-11(4-6-12)16-13(17)7-10-8-14-9-10/h3-6,10,14-15H,2,7-9H2,1H3,(H,16,17). The van der Waals surface area contributed by atoms with Gasteiger partial charge in [-0.25, -0.2) is 13.1 Å². The summed E-state index contributed by atoms with van der Waals surface area (Å²) in [6, 6.07) is 6.17. The van der Waals surface area contributed by atoms with Crippen molar-refractivity contribution in [2.45, 2.75) is 18.2 Å². The van der Waals surface area contributed by atoms with Crippen LogP contribution < -0.4 is 15.4 Å². The van der Waals surface area contributed by atoms with Crippen molar-refractivity contribution in [2.75, 3.05) is 25.0 Å². The largest absolute Gasteiger partial charge is 0.326 e. The van der Waals surface area contributed by atoms with Crippen LogP contribution in [0.25, 0.3) is 0 Å². The van der Waals surface area contributed by atoms with Gasteiger partial charge in [0.2, 0.25) is 15.9 Å². The van der Waals surface area contributed by atoms with Crippen LogP contribution >= 0.6 is 0 Å². The summed E-state index contributed by atoms with van der Waals surface area (Å²) in [5.41, 5.74) is 0.609. The van der Waals surface area contributed by atoms with Crippen LogP contribution in [-0.2, 0) is 14.8 Å². The maximum absolute atomic E-state index is 11.8. The maximum Gasteiger partial charge on any atom is 0.240 e. The molecule has 2 rings (SSSR count). The molecule has 0 atom stereocenters. The van der Waals surface area contributed by atoms with E-state index in [0.29, 0.717) is 24.6 Å². The van der Waals surface area contributed by atoms with Crippen molar-refractivity contribution in [3.05, 3.63) is 24.3 Å². The molecule has 0 spiro atoms. The second kappa shape index (κ2) is 6.34. The number of hydrogen-bond acceptors (Lipinski definition) is 4. The molecular weight excluding hydrogens is 278 g/mol. The highest BCUT2D eigenvalue weighted by Gasteiger charge is 2.20. The Bertz CT molecular complexity index is 565. The molecule has 0 unspecified atom stereocenters. The monoisotopic (exact) mass is 297 g/mol. The van der Waals surface area contributed by atoms with Crippen molar-refractivity contribution in [1.29, 1.82) is 0 Å². The zero-order valence-corrected chi connectivity index (χ0v) is 12.2. The highest BCUT2D eigenvalue weighted by molar-refractivity contribution is 7.89. The summed E-state index contributed by atoms with van der Waals surface area (Å²) in [5, 5.41) is 5.88. The highest BCUT2D eigenvalue weighted by atomic mass is 32.2. The minimum Gasteiger partial charge on any atom is -0.326 e. The number of hydrogen-bond donors (Lipinski definition) is 3. The van der Waals surface area contributed by atoms with E-state index in [4.69, 9.17) is 0 Å². The molecule has 1 saturated heterocycles. The van der Waals surface area contributed by atoms with Crippen LogP contribution in [0.5, 0.6) is 0 Å². The highest BCUT2D eigenvalue weighted by Crippen LogP contribution is 2.15. The molecule has 1 amide bonds. The topological polar surface area (TPSA) is 87.3 Å². The molecule has 1 aliphatic rings. The number of nitrogens with one attached hydrogen (secondary N) is 3. The normalized spacial score (nSPS) is 15.7. The van der Waals surface area contributed by atoms with Crippen molar-refractivity contribution >= 4 is 21.6 Å². The van der Waals surface area contributed by atoms with Gasteiger partial charge in [0.15, 0.2) is 0 Å². The van der Waals surface area contributed by atoms with Crippen molar-refractivity contribution in [3.8, 4) is 0 Å². The first-order valence-electron chi connectivity index (χ1n) is 6.61. The van der Waals surface area contributed by atoms with Crippen molar-refractivity contribution in [1.82, 2.24) is 10.0 Å². The van der Waals surface area contributed by atoms with Gasteiger partial charge in [-0.05, 0) is 43.3 Å². The van der Waals surface area contributed by atoms with Crippen LogP contribution in [0.3, 0.4) is 0 Å². The molecule has 0 bridgehead atoms. The summed E-state index contributed by atoms with van der Waals surface area (Å²) in [4.78, 5) is 11.9. The van der Waals surface area contributed by atoms with Crippen molar-refractivity contribution in [2.24, 2.45) is 5.92 Å². The molecule has 3 N–H and O–H groups in total. The molecule has 20 heavy (non-hydrogen) atoms. The van der Waals surface area contributed by atoms with E-state index in [-0.39, 0.29) is 10.8 Å². The lowest BCUT2D eigenvalue weighted by Crippen LogP contribution is -2.43. The van der Waals surface area contributed by atoms with E-state index >= 15 is 0 Å². The summed E-state index contributed by atoms with van der Waals surface area (Å²) in [6.07, 6.45) is 0.491. The van der Waals surface area contributed by atoms with Gasteiger partial charge < -0.3 is 10.6 Å². The lowest BCUT2D eigenvalue weighted by Gasteiger charge is -2.26. The van der Waals surface area contributed by atoms with Gasteiger partial charge in [0, 0.05) is 18.7 Å². The van der Waals surface area contributed by atoms with Gasteiger partial charge in [0.25, 0.3) is 0 Å². The minimum atomic E-state index is -3.44. The molecular formula is C13H19N3O3S. The van der Waals surface area contributed by atoms with E-state index in [1.807, 2.05) is 0 Å². The summed E-state index contributed by atoms with van der Waals surface area (Å²) in [7, 11) is -3.44. The smallest absolute Gasteiger partial charge is 0.240 e. The lowest BCUT2D eigenvalue weighted by atomic mass is 9.99. The average molecular weight is 297 g/mol. The van der Waals surface area contributed by atoms with E-state index in [0.717, 1.165) is 13.1 Å². The quantitative estimate of drug-likeness (QED) is 0.715. The van der Waals surface area contributed by atoms with Crippen LogP contribution in [-0.4, -0.2) is 34.0 Å². The fraction of sp³-hybridized carbons (Fsp3) is 0.462. The van der Waals surface area contributed by atoms with Crippen LogP contribution in [0.1, 0.15) is 13.3 Å². The molecule has 0 saturated carbocycles. The number of amides is 1. The number of carbonyl (C=O) groups is 1. The molecule has 1 aliphatic heterocycles. The third kappa shape index (κ3) is 3.78. The van der Waals surface area contributed by atoms with E-state index in [1.165, 1.54) is 12.1 Å². The van der Waals surface area contributed by atoms with E-state index in [1.54, 1.807) is 19.1 Å². The Balaban J connectivity index is 1.95. The molecule has 110 valence electrons. The molecule has 1 aromatic carbocycles. The number of anilines is 1. The minimum absolute atomic E-state index is 0.0428. The van der Waals surface area contributed by atoms with Gasteiger partial charge in [-0.3, -0.25) is 4.79 Å². The van der Waals surface area contributed by atoms with Crippen LogP contribution in [0.4, 0.5) is 5.69 Å². The van der Waals surface area contributed by atoms with Gasteiger partial charge in [-0.1, -0.05) is 6.92 Å². The first kappa shape index (κ1) is 15.0. The Labute approximate surface area is 119 Å². The molecule has 0 aromatic heterocycles. The molecule has 0 aliphatic carbocycles. The number of carbonyl (C=O) groups excluding carboxylic acids is 1. The Kier molecular flexibility index (Phi) is 4.74. The molecule has 7 heteroatoms. The lowest BCUT2D eigenvalue weighted by molar-refractivity contribution is -0.117. The third-order valence-corrected chi connectivity index (χ3v) is 4.68. The Morgan fingerprint density at radius 2 is 1.95 bits per heavy atom. The predicted molar refractivity (Wildman–Crippen MR) is 76.9 cm³/mol. The molecule has 1 aromatic rings. The number of sulfonamides is 1. The fourth-order valence-corrected chi connectivity index (χ4v) is 3.00. The second-order valence-corrected chi connectivity index (χ2v) is 6.57. The zero-order valence-electron chi connectivity index (χ0n) is 11.3. The SMILES string of the molecule is CCNS(=O)(=O)c1ccc(NC(=O)CC2CNC2)cc1. The van der Waals surface area contributed by atoms with Gasteiger partial charge in [-0.2, -0.15) is 0 Å². The van der Waals surface area contributed by atoms with Gasteiger partial charge >= 0.3 is 0 Å². The van der Waals surface area contributed by atoms with E-state index in [9.17, 15) is 13.2 Å².